The van der Waals surface area contributed by atoms with Crippen molar-refractivity contribution >= 4 is 62.3 Å². The van der Waals surface area contributed by atoms with Crippen LogP contribution in [-0.2, 0) is 26.2 Å². The standard InChI is InChI=1S/C31H34Cl3N3O4S/c1-2-29(31(39)35-24-9-5-3-6-10-24)36(20-22-13-18-27(33)28(34)19-22)30(38)21-37(25-11-7-4-8-12-25)42(40,41)26-16-14-23(32)15-17-26/h4,7-8,11-19,24,29H,2-3,5-6,9-10,20-21H2,1H3,(H,35,39)/t29-/m1/s1. The van der Waals surface area contributed by atoms with Crippen LogP contribution in [0.2, 0.25) is 15.1 Å². The molecule has 1 aliphatic carbocycles. The average molecular weight is 651 g/mol. The van der Waals surface area contributed by atoms with Gasteiger partial charge in [-0.05, 0) is 73.4 Å². The first-order valence-corrected chi connectivity index (χ1v) is 16.5. The molecule has 0 unspecified atom stereocenters. The third kappa shape index (κ3) is 7.98. The summed E-state index contributed by atoms with van der Waals surface area (Å²) in [5.74, 6) is -0.794. The van der Waals surface area contributed by atoms with E-state index in [2.05, 4.69) is 5.32 Å². The van der Waals surface area contributed by atoms with E-state index < -0.39 is 28.5 Å². The Hall–Kier alpha value is -2.78. The zero-order valence-corrected chi connectivity index (χ0v) is 26.4. The maximum Gasteiger partial charge on any atom is 0.264 e. The predicted molar refractivity (Wildman–Crippen MR) is 169 cm³/mol. The third-order valence-corrected chi connectivity index (χ3v) is 10.2. The Kier molecular flexibility index (Phi) is 11.2. The Bertz CT molecular complexity index is 1480. The molecule has 0 heterocycles. The van der Waals surface area contributed by atoms with Gasteiger partial charge in [-0.2, -0.15) is 0 Å². The lowest BCUT2D eigenvalue weighted by Crippen LogP contribution is -2.54. The number of rotatable bonds is 11. The van der Waals surface area contributed by atoms with Gasteiger partial charge >= 0.3 is 0 Å². The average Bonchev–Trinajstić information content (AvgIpc) is 2.98. The van der Waals surface area contributed by atoms with E-state index >= 15 is 0 Å². The van der Waals surface area contributed by atoms with Crippen LogP contribution < -0.4 is 9.62 Å². The molecule has 0 saturated heterocycles. The highest BCUT2D eigenvalue weighted by Crippen LogP contribution is 2.27. The van der Waals surface area contributed by atoms with E-state index in [4.69, 9.17) is 34.8 Å². The lowest BCUT2D eigenvalue weighted by Gasteiger charge is -2.34. The number of hydrogen-bond acceptors (Lipinski definition) is 4. The Morgan fingerprint density at radius 3 is 2.19 bits per heavy atom. The number of nitrogens with one attached hydrogen (secondary N) is 1. The molecule has 1 atom stereocenters. The van der Waals surface area contributed by atoms with Crippen LogP contribution in [-0.4, -0.2) is 43.8 Å². The summed E-state index contributed by atoms with van der Waals surface area (Å²) in [6.45, 7) is 1.35. The van der Waals surface area contributed by atoms with E-state index in [0.29, 0.717) is 32.7 Å². The molecule has 1 aliphatic rings. The number of nitrogens with zero attached hydrogens (tertiary/aromatic N) is 2. The quantitative estimate of drug-likeness (QED) is 0.240. The van der Waals surface area contributed by atoms with Crippen LogP contribution in [0, 0.1) is 0 Å². The molecule has 0 spiro atoms. The molecule has 1 saturated carbocycles. The van der Waals surface area contributed by atoms with E-state index in [-0.39, 0.29) is 23.4 Å². The van der Waals surface area contributed by atoms with Crippen molar-refractivity contribution in [3.8, 4) is 0 Å². The Morgan fingerprint density at radius 2 is 1.57 bits per heavy atom. The van der Waals surface area contributed by atoms with Crippen molar-refractivity contribution in [1.29, 1.82) is 0 Å². The van der Waals surface area contributed by atoms with Crippen LogP contribution in [0.1, 0.15) is 51.0 Å². The molecule has 1 N–H and O–H groups in total. The van der Waals surface area contributed by atoms with E-state index in [9.17, 15) is 18.0 Å². The number of sulfonamides is 1. The predicted octanol–water partition coefficient (Wildman–Crippen LogP) is 7.10. The largest absolute Gasteiger partial charge is 0.352 e. The number of benzene rings is 3. The molecule has 11 heteroatoms. The maximum atomic E-state index is 14.2. The first kappa shape index (κ1) is 32.1. The first-order chi connectivity index (χ1) is 20.1. The molecule has 0 aliphatic heterocycles. The van der Waals surface area contributed by atoms with E-state index in [0.717, 1.165) is 36.4 Å². The molecule has 1 fully saturated rings. The van der Waals surface area contributed by atoms with Crippen LogP contribution >= 0.6 is 34.8 Å². The molecule has 3 aromatic rings. The minimum Gasteiger partial charge on any atom is -0.352 e. The van der Waals surface area contributed by atoms with Crippen molar-refractivity contribution in [1.82, 2.24) is 10.2 Å². The summed E-state index contributed by atoms with van der Waals surface area (Å²) in [6.07, 6.45) is 5.35. The van der Waals surface area contributed by atoms with Crippen molar-refractivity contribution < 1.29 is 18.0 Å². The van der Waals surface area contributed by atoms with Gasteiger partial charge in [-0.3, -0.25) is 13.9 Å². The second kappa shape index (κ2) is 14.6. The fourth-order valence-electron chi connectivity index (χ4n) is 5.16. The minimum atomic E-state index is -4.17. The molecule has 224 valence electrons. The number of carbonyl (C=O) groups is 2. The van der Waals surface area contributed by atoms with Gasteiger partial charge in [0, 0.05) is 17.6 Å². The zero-order chi connectivity index (χ0) is 30.3. The summed E-state index contributed by atoms with van der Waals surface area (Å²) < 4.78 is 28.8. The second-order valence-corrected chi connectivity index (χ2v) is 13.5. The Balaban J connectivity index is 1.70. The lowest BCUT2D eigenvalue weighted by atomic mass is 9.95. The highest BCUT2D eigenvalue weighted by Gasteiger charge is 2.34. The fourth-order valence-corrected chi connectivity index (χ4v) is 7.02. The topological polar surface area (TPSA) is 86.8 Å². The number of para-hydroxylation sites is 1. The normalized spacial score (nSPS) is 14.7. The number of carbonyl (C=O) groups excluding carboxylic acids is 2. The van der Waals surface area contributed by atoms with Crippen molar-refractivity contribution in [2.24, 2.45) is 0 Å². The van der Waals surface area contributed by atoms with Crippen LogP contribution in [0.5, 0.6) is 0 Å². The van der Waals surface area contributed by atoms with Crippen molar-refractivity contribution in [3.63, 3.8) is 0 Å². The van der Waals surface area contributed by atoms with Gasteiger partial charge in [0.25, 0.3) is 10.0 Å². The second-order valence-electron chi connectivity index (χ2n) is 10.3. The molecule has 0 bridgehead atoms. The summed E-state index contributed by atoms with van der Waals surface area (Å²) in [5, 5.41) is 4.20. The van der Waals surface area contributed by atoms with Crippen LogP contribution in [0.15, 0.2) is 77.7 Å². The minimum absolute atomic E-state index is 0.0123. The number of hydrogen-bond donors (Lipinski definition) is 1. The van der Waals surface area contributed by atoms with Gasteiger partial charge in [-0.1, -0.05) is 85.3 Å². The number of amides is 2. The van der Waals surface area contributed by atoms with E-state index in [1.54, 1.807) is 48.5 Å². The van der Waals surface area contributed by atoms with Gasteiger partial charge in [0.05, 0.1) is 20.6 Å². The first-order valence-electron chi connectivity index (χ1n) is 14.0. The van der Waals surface area contributed by atoms with E-state index in [1.165, 1.54) is 29.2 Å². The van der Waals surface area contributed by atoms with Crippen LogP contribution in [0.4, 0.5) is 5.69 Å². The smallest absolute Gasteiger partial charge is 0.264 e. The third-order valence-electron chi connectivity index (χ3n) is 7.40. The van der Waals surface area contributed by atoms with Crippen LogP contribution in [0.25, 0.3) is 0 Å². The number of halogens is 3. The lowest BCUT2D eigenvalue weighted by molar-refractivity contribution is -0.140. The molecule has 0 radical (unpaired) electrons. The Morgan fingerprint density at radius 1 is 0.905 bits per heavy atom. The van der Waals surface area contributed by atoms with Gasteiger partial charge < -0.3 is 10.2 Å². The molecular formula is C31H34Cl3N3O4S. The summed E-state index contributed by atoms with van der Waals surface area (Å²) in [5.41, 5.74) is 0.975. The monoisotopic (exact) mass is 649 g/mol. The molecule has 7 nitrogen and oxygen atoms in total. The molecular weight excluding hydrogens is 617 g/mol. The molecule has 3 aromatic carbocycles. The summed E-state index contributed by atoms with van der Waals surface area (Å²) in [7, 11) is -4.17. The molecule has 4 rings (SSSR count). The summed E-state index contributed by atoms with van der Waals surface area (Å²) in [6, 6.07) is 18.4. The van der Waals surface area contributed by atoms with Gasteiger partial charge in [-0.15, -0.1) is 0 Å². The van der Waals surface area contributed by atoms with Gasteiger partial charge in [0.1, 0.15) is 12.6 Å². The summed E-state index contributed by atoms with van der Waals surface area (Å²) in [4.78, 5) is 29.2. The van der Waals surface area contributed by atoms with E-state index in [1.807, 2.05) is 6.92 Å². The van der Waals surface area contributed by atoms with Crippen molar-refractivity contribution in [2.75, 3.05) is 10.8 Å². The van der Waals surface area contributed by atoms with Gasteiger partial charge in [-0.25, -0.2) is 8.42 Å². The van der Waals surface area contributed by atoms with Crippen molar-refractivity contribution in [2.45, 2.75) is 69.0 Å². The van der Waals surface area contributed by atoms with Crippen molar-refractivity contribution in [3.05, 3.63) is 93.4 Å². The zero-order valence-electron chi connectivity index (χ0n) is 23.3. The molecule has 42 heavy (non-hydrogen) atoms. The molecule has 2 amide bonds. The fraction of sp³-hybridized carbons (Fsp3) is 0.355. The number of anilines is 1. The molecule has 0 aromatic heterocycles. The highest BCUT2D eigenvalue weighted by atomic mass is 35.5. The van der Waals surface area contributed by atoms with Crippen LogP contribution in [0.3, 0.4) is 0 Å². The maximum absolute atomic E-state index is 14.2. The van der Waals surface area contributed by atoms with Gasteiger partial charge in [0.2, 0.25) is 11.8 Å². The summed E-state index contributed by atoms with van der Waals surface area (Å²) >= 11 is 18.4. The SMILES string of the molecule is CC[C@H](C(=O)NC1CCCCC1)N(Cc1ccc(Cl)c(Cl)c1)C(=O)CN(c1ccccc1)S(=O)(=O)c1ccc(Cl)cc1. The Labute approximate surface area is 262 Å². The highest BCUT2D eigenvalue weighted by molar-refractivity contribution is 7.92. The van der Waals surface area contributed by atoms with Gasteiger partial charge in [0.15, 0.2) is 0 Å².